The largest absolute Gasteiger partial charge is 0.325 e. The number of anilines is 1. The zero-order valence-electron chi connectivity index (χ0n) is 19.3. The van der Waals surface area contributed by atoms with Crippen molar-refractivity contribution in [3.8, 4) is 5.69 Å². The summed E-state index contributed by atoms with van der Waals surface area (Å²) in [7, 11) is 0. The summed E-state index contributed by atoms with van der Waals surface area (Å²) in [6, 6.07) is 21.2. The van der Waals surface area contributed by atoms with Gasteiger partial charge < -0.3 is 5.32 Å². The lowest BCUT2D eigenvalue weighted by Gasteiger charge is -2.14. The first-order valence-corrected chi connectivity index (χ1v) is 11.9. The van der Waals surface area contributed by atoms with Crippen LogP contribution >= 0.6 is 11.8 Å². The number of thioether (sulfide) groups is 1. The van der Waals surface area contributed by atoms with Crippen LogP contribution in [-0.2, 0) is 4.79 Å². The van der Waals surface area contributed by atoms with E-state index in [-0.39, 0.29) is 17.2 Å². The average Bonchev–Trinajstić information content (AvgIpc) is 2.77. The third kappa shape index (κ3) is 5.17. The Morgan fingerprint density at radius 2 is 1.67 bits per heavy atom. The van der Waals surface area contributed by atoms with Crippen LogP contribution < -0.4 is 10.9 Å². The summed E-state index contributed by atoms with van der Waals surface area (Å²) in [4.78, 5) is 30.8. The molecule has 1 amide bonds. The zero-order valence-corrected chi connectivity index (χ0v) is 20.1. The second-order valence-electron chi connectivity index (χ2n) is 8.51. The molecule has 1 heterocycles. The Hall–Kier alpha value is -3.38. The number of hydrogen-bond donors (Lipinski definition) is 1. The average molecular weight is 458 g/mol. The van der Waals surface area contributed by atoms with Crippen LogP contribution in [0.2, 0.25) is 0 Å². The van der Waals surface area contributed by atoms with E-state index in [1.54, 1.807) is 10.6 Å². The second-order valence-corrected chi connectivity index (χ2v) is 9.45. The van der Waals surface area contributed by atoms with Crippen LogP contribution in [0.5, 0.6) is 0 Å². The summed E-state index contributed by atoms with van der Waals surface area (Å²) in [5.74, 6) is 0.393. The van der Waals surface area contributed by atoms with Gasteiger partial charge in [0.2, 0.25) is 5.91 Å². The molecular weight excluding hydrogens is 430 g/mol. The van der Waals surface area contributed by atoms with Crippen molar-refractivity contribution in [2.75, 3.05) is 11.1 Å². The van der Waals surface area contributed by atoms with Crippen molar-refractivity contribution in [2.24, 2.45) is 0 Å². The van der Waals surface area contributed by atoms with Gasteiger partial charge >= 0.3 is 0 Å². The third-order valence-corrected chi connectivity index (χ3v) is 6.34. The summed E-state index contributed by atoms with van der Waals surface area (Å²) in [6.45, 7) is 8.27. The minimum absolute atomic E-state index is 0.141. The van der Waals surface area contributed by atoms with E-state index in [0.717, 1.165) is 22.5 Å². The van der Waals surface area contributed by atoms with Gasteiger partial charge in [-0.1, -0.05) is 55.9 Å². The molecule has 6 heteroatoms. The van der Waals surface area contributed by atoms with Gasteiger partial charge in [0.25, 0.3) is 5.56 Å². The molecule has 0 aliphatic rings. The lowest BCUT2D eigenvalue weighted by molar-refractivity contribution is -0.113. The maximum absolute atomic E-state index is 13.4. The van der Waals surface area contributed by atoms with Gasteiger partial charge in [0, 0.05) is 5.69 Å². The number of carbonyl (C=O) groups excluding carboxylic acids is 1. The van der Waals surface area contributed by atoms with Gasteiger partial charge in [-0.05, 0) is 72.9 Å². The lowest BCUT2D eigenvalue weighted by atomic mass is 10.0. The highest BCUT2D eigenvalue weighted by Crippen LogP contribution is 2.23. The van der Waals surface area contributed by atoms with Crippen LogP contribution in [-0.4, -0.2) is 21.2 Å². The monoisotopic (exact) mass is 457 g/mol. The molecule has 0 saturated carbocycles. The minimum atomic E-state index is -0.144. The van der Waals surface area contributed by atoms with Gasteiger partial charge in [-0.15, -0.1) is 0 Å². The molecule has 0 spiro atoms. The van der Waals surface area contributed by atoms with Crippen LogP contribution in [0.3, 0.4) is 0 Å². The van der Waals surface area contributed by atoms with Gasteiger partial charge in [-0.2, -0.15) is 0 Å². The molecule has 0 unspecified atom stereocenters. The summed E-state index contributed by atoms with van der Waals surface area (Å²) in [6.07, 6.45) is 0. The van der Waals surface area contributed by atoms with E-state index in [1.165, 1.54) is 17.3 Å². The number of carbonyl (C=O) groups is 1. The fraction of sp³-hybridized carbons (Fsp3) is 0.222. The van der Waals surface area contributed by atoms with Gasteiger partial charge in [-0.3, -0.25) is 14.2 Å². The molecular formula is C27H27N3O2S. The molecule has 0 fully saturated rings. The lowest BCUT2D eigenvalue weighted by Crippen LogP contribution is -2.23. The van der Waals surface area contributed by atoms with E-state index >= 15 is 0 Å². The summed E-state index contributed by atoms with van der Waals surface area (Å²) >= 11 is 1.26. The maximum atomic E-state index is 13.4. The predicted molar refractivity (Wildman–Crippen MR) is 137 cm³/mol. The predicted octanol–water partition coefficient (Wildman–Crippen LogP) is 5.86. The topological polar surface area (TPSA) is 64.0 Å². The number of para-hydroxylation sites is 1. The standard InChI is InChI=1S/C27H27N3O2S/c1-17(2)20-9-11-22(12-10-20)30-26(32)23-7-5-6-8-24(23)29-27(30)33-16-25(31)28-21-14-18(3)13-19(4)15-21/h5-15,17H,16H2,1-4H3,(H,28,31). The zero-order chi connectivity index (χ0) is 23.5. The summed E-state index contributed by atoms with van der Waals surface area (Å²) in [5.41, 5.74) is 5.36. The summed E-state index contributed by atoms with van der Waals surface area (Å²) in [5, 5.41) is 3.99. The SMILES string of the molecule is Cc1cc(C)cc(NC(=O)CSc2nc3ccccc3c(=O)n2-c2ccc(C(C)C)cc2)c1. The summed E-state index contributed by atoms with van der Waals surface area (Å²) < 4.78 is 1.60. The first kappa shape index (κ1) is 22.8. The number of nitrogens with one attached hydrogen (secondary N) is 1. The Bertz CT molecular complexity index is 1350. The highest BCUT2D eigenvalue weighted by atomic mass is 32.2. The van der Waals surface area contributed by atoms with Crippen molar-refractivity contribution in [2.45, 2.75) is 38.8 Å². The quantitative estimate of drug-likeness (QED) is 0.291. The molecule has 3 aromatic carbocycles. The first-order valence-electron chi connectivity index (χ1n) is 10.9. The van der Waals surface area contributed by atoms with Crippen LogP contribution in [0.15, 0.2) is 76.7 Å². The number of rotatable bonds is 6. The highest BCUT2D eigenvalue weighted by molar-refractivity contribution is 7.99. The van der Waals surface area contributed by atoms with Crippen molar-refractivity contribution in [3.05, 3.63) is 93.8 Å². The number of amides is 1. The van der Waals surface area contributed by atoms with Crippen molar-refractivity contribution in [3.63, 3.8) is 0 Å². The molecule has 0 bridgehead atoms. The number of benzene rings is 3. The number of nitrogens with zero attached hydrogens (tertiary/aromatic N) is 2. The van der Waals surface area contributed by atoms with Gasteiger partial charge in [0.05, 0.1) is 22.3 Å². The Kier molecular flexibility index (Phi) is 6.65. The molecule has 1 aromatic heterocycles. The molecule has 0 saturated heterocycles. The van der Waals surface area contributed by atoms with Crippen molar-refractivity contribution >= 4 is 34.3 Å². The Morgan fingerprint density at radius 1 is 1.00 bits per heavy atom. The molecule has 5 nitrogen and oxygen atoms in total. The first-order chi connectivity index (χ1) is 15.8. The van der Waals surface area contributed by atoms with E-state index in [9.17, 15) is 9.59 Å². The van der Waals surface area contributed by atoms with Crippen LogP contribution in [0, 0.1) is 13.8 Å². The Balaban J connectivity index is 1.66. The smallest absolute Gasteiger partial charge is 0.266 e. The van der Waals surface area contributed by atoms with E-state index in [4.69, 9.17) is 4.98 Å². The number of aryl methyl sites for hydroxylation is 2. The van der Waals surface area contributed by atoms with Crippen molar-refractivity contribution in [1.29, 1.82) is 0 Å². The highest BCUT2D eigenvalue weighted by Gasteiger charge is 2.15. The van der Waals surface area contributed by atoms with Gasteiger partial charge in [0.1, 0.15) is 0 Å². The Labute approximate surface area is 197 Å². The van der Waals surface area contributed by atoms with Crippen molar-refractivity contribution in [1.82, 2.24) is 9.55 Å². The molecule has 168 valence electrons. The normalized spacial score (nSPS) is 11.2. The number of fused-ring (bicyclic) bond motifs is 1. The molecule has 1 N–H and O–H groups in total. The molecule has 0 atom stereocenters. The minimum Gasteiger partial charge on any atom is -0.325 e. The molecule has 0 aliphatic carbocycles. The fourth-order valence-electron chi connectivity index (χ4n) is 3.82. The van der Waals surface area contributed by atoms with E-state index in [1.807, 2.05) is 68.4 Å². The van der Waals surface area contributed by atoms with E-state index in [0.29, 0.717) is 22.0 Å². The molecule has 0 aliphatic heterocycles. The number of aromatic nitrogens is 2. The molecule has 0 radical (unpaired) electrons. The van der Waals surface area contributed by atoms with Crippen LogP contribution in [0.1, 0.15) is 36.5 Å². The molecule has 33 heavy (non-hydrogen) atoms. The van der Waals surface area contributed by atoms with Crippen LogP contribution in [0.4, 0.5) is 5.69 Å². The molecule has 4 aromatic rings. The van der Waals surface area contributed by atoms with Crippen LogP contribution in [0.25, 0.3) is 16.6 Å². The Morgan fingerprint density at radius 3 is 2.33 bits per heavy atom. The molecule has 4 rings (SSSR count). The maximum Gasteiger partial charge on any atom is 0.266 e. The second kappa shape index (κ2) is 9.63. The third-order valence-electron chi connectivity index (χ3n) is 5.40. The van der Waals surface area contributed by atoms with Gasteiger partial charge in [-0.25, -0.2) is 4.98 Å². The van der Waals surface area contributed by atoms with E-state index in [2.05, 4.69) is 25.2 Å². The fourth-order valence-corrected chi connectivity index (χ4v) is 4.63. The van der Waals surface area contributed by atoms with E-state index < -0.39 is 0 Å². The van der Waals surface area contributed by atoms with Crippen molar-refractivity contribution < 1.29 is 4.79 Å². The van der Waals surface area contributed by atoms with Gasteiger partial charge in [0.15, 0.2) is 5.16 Å². The number of hydrogen-bond acceptors (Lipinski definition) is 4.